The smallest absolute Gasteiger partial charge is 0.0454 e. The molecule has 1 atom stereocenters. The van der Waals surface area contributed by atoms with E-state index in [4.69, 9.17) is 17.3 Å². The number of hydrogen-bond donors (Lipinski definition) is 1. The highest BCUT2D eigenvalue weighted by atomic mass is 79.9. The van der Waals surface area contributed by atoms with E-state index >= 15 is 0 Å². The minimum atomic E-state index is 0.0393. The lowest BCUT2D eigenvalue weighted by atomic mass is 9.98. The third kappa shape index (κ3) is 4.13. The Hall–Kier alpha value is -0.0500. The highest BCUT2D eigenvalue weighted by molar-refractivity contribution is 9.10. The number of benzene rings is 1. The Balaban J connectivity index is 2.72. The van der Waals surface area contributed by atoms with Crippen LogP contribution in [0, 0.1) is 5.92 Å². The summed E-state index contributed by atoms with van der Waals surface area (Å²) in [6.45, 7) is 4.41. The molecule has 3 heteroatoms. The van der Waals surface area contributed by atoms with Crippen molar-refractivity contribution in [1.82, 2.24) is 0 Å². The predicted octanol–water partition coefficient (Wildman–Crippen LogP) is 4.54. The number of rotatable bonds is 4. The van der Waals surface area contributed by atoms with Gasteiger partial charge in [0.25, 0.3) is 0 Å². The number of nitrogens with two attached hydrogens (primary N) is 1. The van der Waals surface area contributed by atoms with Gasteiger partial charge in [0.15, 0.2) is 0 Å². The summed E-state index contributed by atoms with van der Waals surface area (Å²) in [5.74, 6) is 0.682. The molecule has 1 rings (SSSR count). The molecule has 0 aliphatic rings. The van der Waals surface area contributed by atoms with Gasteiger partial charge < -0.3 is 5.73 Å². The monoisotopic (exact) mass is 289 g/mol. The van der Waals surface area contributed by atoms with Crippen LogP contribution in [0.5, 0.6) is 0 Å². The van der Waals surface area contributed by atoms with Crippen molar-refractivity contribution < 1.29 is 0 Å². The van der Waals surface area contributed by atoms with Gasteiger partial charge in [-0.05, 0) is 42.5 Å². The van der Waals surface area contributed by atoms with Crippen LogP contribution in [0.4, 0.5) is 0 Å². The molecule has 0 aliphatic carbocycles. The molecule has 0 amide bonds. The summed E-state index contributed by atoms with van der Waals surface area (Å²) in [4.78, 5) is 0. The van der Waals surface area contributed by atoms with Gasteiger partial charge in [0.05, 0.1) is 0 Å². The second-order valence-corrected chi connectivity index (χ2v) is 5.57. The molecule has 0 saturated carbocycles. The molecule has 0 radical (unpaired) electrons. The molecule has 1 aromatic rings. The second-order valence-electron chi connectivity index (χ2n) is 4.24. The molecular formula is C12H17BrClN. The maximum absolute atomic E-state index is 6.11. The van der Waals surface area contributed by atoms with E-state index in [1.807, 2.05) is 18.2 Å². The Kier molecular flexibility index (Phi) is 5.10. The zero-order chi connectivity index (χ0) is 11.4. The van der Waals surface area contributed by atoms with Crippen molar-refractivity contribution >= 4 is 27.5 Å². The molecule has 84 valence electrons. The average molecular weight is 291 g/mol. The summed E-state index contributed by atoms with van der Waals surface area (Å²) in [5.41, 5.74) is 7.14. The van der Waals surface area contributed by atoms with Gasteiger partial charge in [0.1, 0.15) is 0 Å². The first kappa shape index (κ1) is 13.0. The summed E-state index contributed by atoms with van der Waals surface area (Å²) in [7, 11) is 0. The molecule has 0 aromatic heterocycles. The van der Waals surface area contributed by atoms with Gasteiger partial charge in [-0.15, -0.1) is 0 Å². The van der Waals surface area contributed by atoms with Crippen LogP contribution in [-0.2, 0) is 0 Å². The van der Waals surface area contributed by atoms with Crippen LogP contribution < -0.4 is 5.73 Å². The molecule has 2 N–H and O–H groups in total. The van der Waals surface area contributed by atoms with Crippen LogP contribution in [0.1, 0.15) is 38.3 Å². The average Bonchev–Trinajstić information content (AvgIpc) is 2.18. The zero-order valence-corrected chi connectivity index (χ0v) is 11.5. The van der Waals surface area contributed by atoms with E-state index in [-0.39, 0.29) is 6.04 Å². The van der Waals surface area contributed by atoms with E-state index in [9.17, 15) is 0 Å². The SMILES string of the molecule is CC(C)CC[C@@H](N)c1cc(Br)ccc1Cl. The lowest BCUT2D eigenvalue weighted by molar-refractivity contribution is 0.507. The molecule has 0 heterocycles. The van der Waals surface area contributed by atoms with E-state index < -0.39 is 0 Å². The predicted molar refractivity (Wildman–Crippen MR) is 70.2 cm³/mol. The van der Waals surface area contributed by atoms with E-state index in [2.05, 4.69) is 29.8 Å². The summed E-state index contributed by atoms with van der Waals surface area (Å²) in [5, 5.41) is 0.759. The summed E-state index contributed by atoms with van der Waals surface area (Å²) < 4.78 is 1.03. The maximum atomic E-state index is 6.11. The Morgan fingerprint density at radius 3 is 2.60 bits per heavy atom. The van der Waals surface area contributed by atoms with Crippen molar-refractivity contribution in [2.24, 2.45) is 11.7 Å². The molecular weight excluding hydrogens is 273 g/mol. The van der Waals surface area contributed by atoms with Crippen LogP contribution in [0.25, 0.3) is 0 Å². The minimum absolute atomic E-state index is 0.0393. The highest BCUT2D eigenvalue weighted by Gasteiger charge is 2.11. The van der Waals surface area contributed by atoms with E-state index in [0.29, 0.717) is 5.92 Å². The Labute approximate surface area is 105 Å². The quantitative estimate of drug-likeness (QED) is 0.865. The molecule has 0 fully saturated rings. The molecule has 0 aliphatic heterocycles. The summed E-state index contributed by atoms with van der Waals surface area (Å²) >= 11 is 9.54. The van der Waals surface area contributed by atoms with Gasteiger partial charge >= 0.3 is 0 Å². The third-order valence-corrected chi connectivity index (χ3v) is 3.25. The van der Waals surface area contributed by atoms with Gasteiger partial charge in [-0.3, -0.25) is 0 Å². The van der Waals surface area contributed by atoms with Crippen molar-refractivity contribution in [3.8, 4) is 0 Å². The zero-order valence-electron chi connectivity index (χ0n) is 9.13. The van der Waals surface area contributed by atoms with Crippen molar-refractivity contribution in [1.29, 1.82) is 0 Å². The molecule has 0 saturated heterocycles. The van der Waals surface area contributed by atoms with Crippen LogP contribution in [0.15, 0.2) is 22.7 Å². The van der Waals surface area contributed by atoms with Gasteiger partial charge in [-0.1, -0.05) is 41.4 Å². The van der Waals surface area contributed by atoms with Crippen LogP contribution in [0.3, 0.4) is 0 Å². The minimum Gasteiger partial charge on any atom is -0.324 e. The van der Waals surface area contributed by atoms with E-state index in [1.54, 1.807) is 0 Å². The van der Waals surface area contributed by atoms with Crippen molar-refractivity contribution in [3.63, 3.8) is 0 Å². The lowest BCUT2D eigenvalue weighted by Gasteiger charge is -2.15. The van der Waals surface area contributed by atoms with Crippen molar-refractivity contribution in [2.45, 2.75) is 32.7 Å². The first-order valence-corrected chi connectivity index (χ1v) is 6.38. The molecule has 15 heavy (non-hydrogen) atoms. The standard InChI is InChI=1S/C12H17BrClN/c1-8(2)3-6-12(15)10-7-9(13)4-5-11(10)14/h4-5,7-8,12H,3,6,15H2,1-2H3/t12-/m1/s1. The lowest BCUT2D eigenvalue weighted by Crippen LogP contribution is -2.11. The first-order chi connectivity index (χ1) is 7.00. The van der Waals surface area contributed by atoms with E-state index in [0.717, 1.165) is 27.9 Å². The number of halogens is 2. The molecule has 0 bridgehead atoms. The van der Waals surface area contributed by atoms with Crippen LogP contribution in [0.2, 0.25) is 5.02 Å². The molecule has 1 aromatic carbocycles. The van der Waals surface area contributed by atoms with Gasteiger partial charge in [-0.2, -0.15) is 0 Å². The highest BCUT2D eigenvalue weighted by Crippen LogP contribution is 2.28. The Morgan fingerprint density at radius 2 is 2.00 bits per heavy atom. The first-order valence-electron chi connectivity index (χ1n) is 5.21. The number of hydrogen-bond acceptors (Lipinski definition) is 1. The third-order valence-electron chi connectivity index (χ3n) is 2.41. The summed E-state index contributed by atoms with van der Waals surface area (Å²) in [6, 6.07) is 5.86. The largest absolute Gasteiger partial charge is 0.324 e. The van der Waals surface area contributed by atoms with Crippen molar-refractivity contribution in [2.75, 3.05) is 0 Å². The molecule has 0 unspecified atom stereocenters. The maximum Gasteiger partial charge on any atom is 0.0454 e. The normalized spacial score (nSPS) is 13.2. The molecule has 1 nitrogen and oxygen atoms in total. The van der Waals surface area contributed by atoms with E-state index in [1.165, 1.54) is 0 Å². The van der Waals surface area contributed by atoms with Gasteiger partial charge in [-0.25, -0.2) is 0 Å². The second kappa shape index (κ2) is 5.88. The Morgan fingerprint density at radius 1 is 1.33 bits per heavy atom. The molecule has 0 spiro atoms. The van der Waals surface area contributed by atoms with Crippen molar-refractivity contribution in [3.05, 3.63) is 33.3 Å². The fourth-order valence-corrected chi connectivity index (χ4v) is 2.10. The Bertz CT molecular complexity index is 325. The van der Waals surface area contributed by atoms with Gasteiger partial charge in [0, 0.05) is 15.5 Å². The van der Waals surface area contributed by atoms with Gasteiger partial charge in [0.2, 0.25) is 0 Å². The van der Waals surface area contributed by atoms with Crippen LogP contribution in [-0.4, -0.2) is 0 Å². The topological polar surface area (TPSA) is 26.0 Å². The fraction of sp³-hybridized carbons (Fsp3) is 0.500. The summed E-state index contributed by atoms with van der Waals surface area (Å²) in [6.07, 6.45) is 2.11. The van der Waals surface area contributed by atoms with Crippen LogP contribution >= 0.6 is 27.5 Å². The fourth-order valence-electron chi connectivity index (χ4n) is 1.47.